The molecule has 270 valence electrons. The Morgan fingerprint density at radius 2 is 1.62 bits per heavy atom. The van der Waals surface area contributed by atoms with Gasteiger partial charge in [0, 0.05) is 29.6 Å². The molecule has 0 saturated carbocycles. The van der Waals surface area contributed by atoms with Gasteiger partial charge in [0.25, 0.3) is 5.92 Å². The average molecular weight is 696 g/mol. The first-order valence-electron chi connectivity index (χ1n) is 17.3. The number of hydrogen-bond acceptors (Lipinski definition) is 4. The summed E-state index contributed by atoms with van der Waals surface area (Å²) in [4.78, 5) is 58.2. The van der Waals surface area contributed by atoms with Gasteiger partial charge in [-0.05, 0) is 54.9 Å². The van der Waals surface area contributed by atoms with E-state index in [1.165, 1.54) is 30.3 Å². The van der Waals surface area contributed by atoms with Gasteiger partial charge < -0.3 is 26.3 Å². The number of allylic oxidation sites excluding steroid dienone is 1. The number of aryl methyl sites for hydroxylation is 1. The Kier molecular flexibility index (Phi) is 12.2. The third-order valence-electron chi connectivity index (χ3n) is 9.98. The van der Waals surface area contributed by atoms with Crippen LogP contribution < -0.4 is 21.3 Å². The Morgan fingerprint density at radius 1 is 0.960 bits per heavy atom. The molecule has 0 aliphatic heterocycles. The van der Waals surface area contributed by atoms with Crippen LogP contribution >= 0.6 is 0 Å². The zero-order chi connectivity index (χ0) is 36.8. The molecule has 0 saturated heterocycles. The third-order valence-corrected chi connectivity index (χ3v) is 9.98. The minimum absolute atomic E-state index is 0.0674. The van der Waals surface area contributed by atoms with E-state index in [2.05, 4.69) is 32.8 Å². The normalized spacial score (nSPS) is 18.2. The SMILES string of the molecule is C=CC(F)(F)c1cccc2c3c([nH]c12)CC[C@](NC(=O)[C@@H](NC(=O)Cc1ccccc1F)C(C)CC)(C(=O)N[C@H](C(=O)NCC)C(C)CC)C3. The van der Waals surface area contributed by atoms with E-state index >= 15 is 0 Å². The number of halogens is 3. The molecule has 5 atom stereocenters. The van der Waals surface area contributed by atoms with Crippen LogP contribution in [0.4, 0.5) is 13.2 Å². The van der Waals surface area contributed by atoms with Crippen molar-refractivity contribution in [3.05, 3.63) is 83.3 Å². The van der Waals surface area contributed by atoms with Crippen LogP contribution in [0.25, 0.3) is 10.9 Å². The lowest BCUT2D eigenvalue weighted by molar-refractivity contribution is -0.139. The fourth-order valence-corrected chi connectivity index (χ4v) is 6.54. The van der Waals surface area contributed by atoms with E-state index in [1.807, 2.05) is 20.8 Å². The van der Waals surface area contributed by atoms with Crippen molar-refractivity contribution in [2.24, 2.45) is 11.8 Å². The van der Waals surface area contributed by atoms with Gasteiger partial charge in [-0.1, -0.05) is 83.5 Å². The maximum absolute atomic E-state index is 14.9. The molecular formula is C38H48F3N5O4. The molecule has 3 aromatic rings. The van der Waals surface area contributed by atoms with Crippen LogP contribution in [0.3, 0.4) is 0 Å². The molecule has 0 fully saturated rings. The highest BCUT2D eigenvalue weighted by Gasteiger charge is 2.47. The zero-order valence-electron chi connectivity index (χ0n) is 29.4. The largest absolute Gasteiger partial charge is 0.358 e. The van der Waals surface area contributed by atoms with Gasteiger partial charge in [0.1, 0.15) is 23.4 Å². The van der Waals surface area contributed by atoms with Gasteiger partial charge in [0.2, 0.25) is 23.6 Å². The Hall–Kier alpha value is -4.61. The lowest BCUT2D eigenvalue weighted by Crippen LogP contribution is -2.67. The van der Waals surface area contributed by atoms with Crippen molar-refractivity contribution >= 4 is 34.5 Å². The van der Waals surface area contributed by atoms with Crippen molar-refractivity contribution in [2.45, 2.75) is 96.7 Å². The van der Waals surface area contributed by atoms with E-state index in [0.717, 1.165) is 0 Å². The summed E-state index contributed by atoms with van der Waals surface area (Å²) < 4.78 is 44.2. The van der Waals surface area contributed by atoms with Crippen molar-refractivity contribution in [3.63, 3.8) is 0 Å². The van der Waals surface area contributed by atoms with E-state index in [0.29, 0.717) is 42.1 Å². The van der Waals surface area contributed by atoms with Crippen molar-refractivity contribution < 1.29 is 32.3 Å². The number of aromatic amines is 1. The smallest absolute Gasteiger partial charge is 0.293 e. The van der Waals surface area contributed by atoms with E-state index in [4.69, 9.17) is 0 Å². The van der Waals surface area contributed by atoms with Gasteiger partial charge in [-0.2, -0.15) is 8.78 Å². The fraction of sp³-hybridized carbons (Fsp3) is 0.474. The van der Waals surface area contributed by atoms with Crippen LogP contribution in [0.2, 0.25) is 0 Å². The minimum atomic E-state index is -3.32. The second kappa shape index (κ2) is 15.9. The number of nitrogens with one attached hydrogen (secondary N) is 5. The minimum Gasteiger partial charge on any atom is -0.358 e. The number of H-pyrrole nitrogens is 1. The van der Waals surface area contributed by atoms with Crippen LogP contribution in [-0.4, -0.2) is 52.8 Å². The van der Waals surface area contributed by atoms with Crippen molar-refractivity contribution in [1.82, 2.24) is 26.3 Å². The number of fused-ring (bicyclic) bond motifs is 3. The Labute approximate surface area is 291 Å². The quantitative estimate of drug-likeness (QED) is 0.137. The maximum Gasteiger partial charge on any atom is 0.293 e. The molecular weight excluding hydrogens is 647 g/mol. The average Bonchev–Trinajstić information content (AvgIpc) is 3.47. The summed E-state index contributed by atoms with van der Waals surface area (Å²) >= 11 is 0. The molecule has 4 rings (SSSR count). The Balaban J connectivity index is 1.75. The van der Waals surface area contributed by atoms with Crippen molar-refractivity contribution in [2.75, 3.05) is 6.54 Å². The van der Waals surface area contributed by atoms with Gasteiger partial charge in [-0.25, -0.2) is 4.39 Å². The number of rotatable bonds is 15. The summed E-state index contributed by atoms with van der Waals surface area (Å²) in [5.41, 5.74) is -0.250. The van der Waals surface area contributed by atoms with Gasteiger partial charge in [-0.3, -0.25) is 19.2 Å². The molecule has 12 heteroatoms. The summed E-state index contributed by atoms with van der Waals surface area (Å²) in [7, 11) is 0. The predicted molar refractivity (Wildman–Crippen MR) is 187 cm³/mol. The van der Waals surface area contributed by atoms with E-state index in [9.17, 15) is 32.3 Å². The van der Waals surface area contributed by atoms with Crippen molar-refractivity contribution in [1.29, 1.82) is 0 Å². The Bertz CT molecular complexity index is 1740. The topological polar surface area (TPSA) is 132 Å². The molecule has 50 heavy (non-hydrogen) atoms. The van der Waals surface area contributed by atoms with Gasteiger partial charge in [-0.15, -0.1) is 0 Å². The van der Waals surface area contributed by atoms with Gasteiger partial charge in [0.05, 0.1) is 11.9 Å². The molecule has 4 amide bonds. The molecule has 1 aromatic heterocycles. The highest BCUT2D eigenvalue weighted by molar-refractivity contribution is 5.99. The number of benzene rings is 2. The van der Waals surface area contributed by atoms with E-state index < -0.39 is 47.1 Å². The maximum atomic E-state index is 14.9. The van der Waals surface area contributed by atoms with Crippen LogP contribution in [0.1, 0.15) is 76.3 Å². The lowest BCUT2D eigenvalue weighted by Gasteiger charge is -2.39. The summed E-state index contributed by atoms with van der Waals surface area (Å²) in [6.07, 6.45) is 1.59. The van der Waals surface area contributed by atoms with Crippen molar-refractivity contribution in [3.8, 4) is 0 Å². The monoisotopic (exact) mass is 695 g/mol. The molecule has 1 heterocycles. The lowest BCUT2D eigenvalue weighted by atomic mass is 9.78. The third kappa shape index (κ3) is 8.05. The summed E-state index contributed by atoms with van der Waals surface area (Å²) in [5, 5.41) is 11.9. The number of hydrogen-bond donors (Lipinski definition) is 5. The summed E-state index contributed by atoms with van der Waals surface area (Å²) in [6.45, 7) is 12.8. The van der Waals surface area contributed by atoms with Crippen LogP contribution in [-0.2, 0) is 44.4 Å². The molecule has 1 aliphatic carbocycles. The number of para-hydroxylation sites is 1. The number of likely N-dealkylation sites (N-methyl/N-ethyl adjacent to an activating group) is 1. The van der Waals surface area contributed by atoms with E-state index in [1.54, 1.807) is 26.0 Å². The fourth-order valence-electron chi connectivity index (χ4n) is 6.54. The zero-order valence-corrected chi connectivity index (χ0v) is 29.4. The van der Waals surface area contributed by atoms with Gasteiger partial charge >= 0.3 is 0 Å². The van der Waals surface area contributed by atoms with E-state index in [-0.39, 0.29) is 60.1 Å². The second-order valence-electron chi connectivity index (χ2n) is 13.3. The number of carbonyl (C=O) groups is 4. The predicted octanol–water partition coefficient (Wildman–Crippen LogP) is 5.37. The van der Waals surface area contributed by atoms with Crippen LogP contribution in [0, 0.1) is 17.7 Å². The van der Waals surface area contributed by atoms with Crippen LogP contribution in [0.15, 0.2) is 55.1 Å². The second-order valence-corrected chi connectivity index (χ2v) is 13.3. The highest BCUT2D eigenvalue weighted by Crippen LogP contribution is 2.40. The molecule has 5 N–H and O–H groups in total. The number of carbonyl (C=O) groups excluding carboxylic acids is 4. The molecule has 0 radical (unpaired) electrons. The number of alkyl halides is 2. The molecule has 2 unspecified atom stereocenters. The molecule has 9 nitrogen and oxygen atoms in total. The molecule has 0 bridgehead atoms. The molecule has 1 aliphatic rings. The summed E-state index contributed by atoms with van der Waals surface area (Å²) in [6, 6.07) is 8.40. The standard InChI is InChI=1S/C38H48F3N5O4/c1-7-22(5)31(34(48)42-10-4)45-36(50)37(19-18-29-26(21-37)25-15-13-16-27(33(25)43-29)38(40,41)9-3)46-35(49)32(23(6)8-2)44-30(47)20-24-14-11-12-17-28(24)39/h9,11-17,22-23,31-32,43H,3,7-8,10,18-21H2,1-2,4-6H3,(H,42,48)(H,44,47)(H,45,50)(H,46,49)/t22?,23?,31-,32-,37+/m0/s1. The first-order valence-corrected chi connectivity index (χ1v) is 17.3. The molecule has 0 spiro atoms. The number of aromatic nitrogens is 1. The summed E-state index contributed by atoms with van der Waals surface area (Å²) in [5.74, 6) is -6.66. The van der Waals surface area contributed by atoms with Gasteiger partial charge in [0.15, 0.2) is 0 Å². The van der Waals surface area contributed by atoms with Crippen LogP contribution in [0.5, 0.6) is 0 Å². The first kappa shape index (κ1) is 38.2. The first-order chi connectivity index (χ1) is 23.7. The molecule has 2 aromatic carbocycles. The highest BCUT2D eigenvalue weighted by atomic mass is 19.3. The number of amides is 4. The Morgan fingerprint density at radius 3 is 2.24 bits per heavy atom.